The summed E-state index contributed by atoms with van der Waals surface area (Å²) in [6, 6.07) is 4.90. The molecule has 1 rings (SSSR count). The number of nitro groups is 1. The molecule has 0 fully saturated rings. The van der Waals surface area contributed by atoms with E-state index in [1.54, 1.807) is 12.1 Å². The van der Waals surface area contributed by atoms with Crippen LogP contribution in [0.5, 0.6) is 0 Å². The summed E-state index contributed by atoms with van der Waals surface area (Å²) in [5.41, 5.74) is 0.867. The van der Waals surface area contributed by atoms with Crippen LogP contribution in [0.2, 0.25) is 0 Å². The van der Waals surface area contributed by atoms with Crippen LogP contribution in [0, 0.1) is 10.1 Å². The number of nitrogens with zero attached hydrogens (tertiary/aromatic N) is 1. The quantitative estimate of drug-likeness (QED) is 0.675. The molecule has 0 spiro atoms. The van der Waals surface area contributed by atoms with Gasteiger partial charge in [-0.2, -0.15) is 0 Å². The van der Waals surface area contributed by atoms with Gasteiger partial charge >= 0.3 is 0 Å². The van der Waals surface area contributed by atoms with Crippen molar-refractivity contribution in [2.45, 2.75) is 12.8 Å². The molecule has 2 N–H and O–H groups in total. The number of nitro benzene ring substituents is 1. The molecule has 0 aliphatic carbocycles. The second-order valence-corrected chi connectivity index (χ2v) is 3.96. The molecule has 0 saturated carbocycles. The highest BCUT2D eigenvalue weighted by atomic mass is 79.9. The summed E-state index contributed by atoms with van der Waals surface area (Å²) >= 11 is 3.21. The van der Waals surface area contributed by atoms with Crippen molar-refractivity contribution in [1.82, 2.24) is 0 Å². The van der Waals surface area contributed by atoms with E-state index >= 15 is 0 Å². The van der Waals surface area contributed by atoms with Gasteiger partial charge in [-0.05, 0) is 21.5 Å². The minimum atomic E-state index is -0.427. The molecule has 82 valence electrons. The largest absolute Gasteiger partial charge is 0.304 e. The van der Waals surface area contributed by atoms with Gasteiger partial charge in [0.2, 0.25) is 0 Å². The van der Waals surface area contributed by atoms with Crippen molar-refractivity contribution in [1.29, 1.82) is 0 Å². The van der Waals surface area contributed by atoms with E-state index in [1.165, 1.54) is 6.07 Å². The molecule has 1 unspecified atom stereocenters. The SMILES string of the molecule is CC(CON)c1cccc([N+](=O)[O-])c1Br. The van der Waals surface area contributed by atoms with Crippen molar-refractivity contribution in [2.75, 3.05) is 6.61 Å². The highest BCUT2D eigenvalue weighted by Crippen LogP contribution is 2.32. The Labute approximate surface area is 95.5 Å². The lowest BCUT2D eigenvalue weighted by molar-refractivity contribution is -0.385. The monoisotopic (exact) mass is 274 g/mol. The zero-order valence-electron chi connectivity index (χ0n) is 8.14. The van der Waals surface area contributed by atoms with E-state index in [0.29, 0.717) is 11.1 Å². The molecule has 0 heterocycles. The van der Waals surface area contributed by atoms with Crippen molar-refractivity contribution < 1.29 is 9.76 Å². The van der Waals surface area contributed by atoms with Gasteiger partial charge in [0.1, 0.15) is 0 Å². The molecule has 0 aliphatic rings. The number of hydrogen-bond donors (Lipinski definition) is 1. The molecule has 6 heteroatoms. The second-order valence-electron chi connectivity index (χ2n) is 3.17. The average molecular weight is 275 g/mol. The van der Waals surface area contributed by atoms with Crippen LogP contribution in [-0.4, -0.2) is 11.5 Å². The second kappa shape index (κ2) is 5.20. The van der Waals surface area contributed by atoms with Gasteiger partial charge in [-0.15, -0.1) is 0 Å². The molecule has 1 aromatic carbocycles. The van der Waals surface area contributed by atoms with Gasteiger partial charge in [0, 0.05) is 12.0 Å². The number of benzene rings is 1. The highest BCUT2D eigenvalue weighted by molar-refractivity contribution is 9.10. The Hall–Kier alpha value is -0.980. The molecule has 15 heavy (non-hydrogen) atoms. The maximum Gasteiger partial charge on any atom is 0.283 e. The van der Waals surface area contributed by atoms with Crippen molar-refractivity contribution in [3.63, 3.8) is 0 Å². The fraction of sp³-hybridized carbons (Fsp3) is 0.333. The van der Waals surface area contributed by atoms with Gasteiger partial charge in [-0.25, -0.2) is 5.90 Å². The van der Waals surface area contributed by atoms with Crippen molar-refractivity contribution in [2.24, 2.45) is 5.90 Å². The fourth-order valence-electron chi connectivity index (χ4n) is 1.29. The Morgan fingerprint density at radius 3 is 2.87 bits per heavy atom. The van der Waals surface area contributed by atoms with Gasteiger partial charge in [0.25, 0.3) is 5.69 Å². The number of halogens is 1. The molecule has 0 aliphatic heterocycles. The van der Waals surface area contributed by atoms with Crippen LogP contribution in [0.1, 0.15) is 18.4 Å². The lowest BCUT2D eigenvalue weighted by atomic mass is 10.0. The van der Waals surface area contributed by atoms with Gasteiger partial charge in [0.05, 0.1) is 16.0 Å². The number of rotatable bonds is 4. The van der Waals surface area contributed by atoms with E-state index in [0.717, 1.165) is 5.56 Å². The summed E-state index contributed by atoms with van der Waals surface area (Å²) in [7, 11) is 0. The van der Waals surface area contributed by atoms with E-state index in [-0.39, 0.29) is 11.6 Å². The van der Waals surface area contributed by atoms with Crippen LogP contribution in [0.15, 0.2) is 22.7 Å². The van der Waals surface area contributed by atoms with Crippen LogP contribution >= 0.6 is 15.9 Å². The predicted molar refractivity (Wildman–Crippen MR) is 59.4 cm³/mol. The third-order valence-electron chi connectivity index (χ3n) is 2.08. The molecule has 0 bridgehead atoms. The van der Waals surface area contributed by atoms with E-state index in [9.17, 15) is 10.1 Å². The molecule has 5 nitrogen and oxygen atoms in total. The van der Waals surface area contributed by atoms with Gasteiger partial charge in [-0.3, -0.25) is 10.1 Å². The summed E-state index contributed by atoms with van der Waals surface area (Å²) < 4.78 is 0.486. The normalized spacial score (nSPS) is 12.5. The topological polar surface area (TPSA) is 78.4 Å². The molecular weight excluding hydrogens is 264 g/mol. The summed E-state index contributed by atoms with van der Waals surface area (Å²) in [4.78, 5) is 14.8. The third-order valence-corrected chi connectivity index (χ3v) is 2.95. The van der Waals surface area contributed by atoms with E-state index in [2.05, 4.69) is 20.8 Å². The molecule has 0 saturated heterocycles. The first kappa shape index (κ1) is 12.1. The maximum absolute atomic E-state index is 10.7. The van der Waals surface area contributed by atoms with E-state index in [1.807, 2.05) is 6.92 Å². The maximum atomic E-state index is 10.7. The first-order valence-electron chi connectivity index (χ1n) is 4.32. The third kappa shape index (κ3) is 2.74. The van der Waals surface area contributed by atoms with Crippen LogP contribution < -0.4 is 5.90 Å². The Morgan fingerprint density at radius 2 is 2.33 bits per heavy atom. The first-order chi connectivity index (χ1) is 7.07. The summed E-state index contributed by atoms with van der Waals surface area (Å²) in [5, 5.41) is 10.7. The first-order valence-corrected chi connectivity index (χ1v) is 5.11. The van der Waals surface area contributed by atoms with Gasteiger partial charge in [0.15, 0.2) is 0 Å². The molecular formula is C9H11BrN2O3. The molecule has 1 atom stereocenters. The zero-order valence-corrected chi connectivity index (χ0v) is 9.73. The summed E-state index contributed by atoms with van der Waals surface area (Å²) in [5.74, 6) is 4.97. The van der Waals surface area contributed by atoms with Crippen LogP contribution in [-0.2, 0) is 4.84 Å². The lowest BCUT2D eigenvalue weighted by Crippen LogP contribution is -2.09. The van der Waals surface area contributed by atoms with Crippen LogP contribution in [0.3, 0.4) is 0 Å². The van der Waals surface area contributed by atoms with Crippen molar-refractivity contribution in [3.05, 3.63) is 38.3 Å². The number of hydrogen-bond acceptors (Lipinski definition) is 4. The van der Waals surface area contributed by atoms with Gasteiger partial charge in [-0.1, -0.05) is 19.1 Å². The minimum Gasteiger partial charge on any atom is -0.304 e. The smallest absolute Gasteiger partial charge is 0.283 e. The summed E-state index contributed by atoms with van der Waals surface area (Å²) in [6.07, 6.45) is 0. The Bertz CT molecular complexity index is 370. The predicted octanol–water partition coefficient (Wildman–Crippen LogP) is 2.35. The average Bonchev–Trinajstić information content (AvgIpc) is 2.17. The zero-order chi connectivity index (χ0) is 11.4. The van der Waals surface area contributed by atoms with Crippen LogP contribution in [0.25, 0.3) is 0 Å². The summed E-state index contributed by atoms with van der Waals surface area (Å²) in [6.45, 7) is 2.20. The molecule has 1 aromatic rings. The standard InChI is InChI=1S/C9H11BrN2O3/c1-6(5-15-11)7-3-2-4-8(9(7)10)12(13)14/h2-4,6H,5,11H2,1H3. The fourth-order valence-corrected chi connectivity index (χ4v) is 2.09. The lowest BCUT2D eigenvalue weighted by Gasteiger charge is -2.11. The Morgan fingerprint density at radius 1 is 1.67 bits per heavy atom. The molecule has 0 aromatic heterocycles. The van der Waals surface area contributed by atoms with Crippen molar-refractivity contribution in [3.8, 4) is 0 Å². The van der Waals surface area contributed by atoms with Crippen LogP contribution in [0.4, 0.5) is 5.69 Å². The van der Waals surface area contributed by atoms with Gasteiger partial charge < -0.3 is 4.84 Å². The van der Waals surface area contributed by atoms with E-state index in [4.69, 9.17) is 5.90 Å². The van der Waals surface area contributed by atoms with E-state index < -0.39 is 4.92 Å². The Kier molecular flexibility index (Phi) is 4.19. The molecule has 0 amide bonds. The Balaban J connectivity index is 3.09. The molecule has 0 radical (unpaired) electrons. The number of nitrogens with two attached hydrogens (primary N) is 1. The van der Waals surface area contributed by atoms with Crippen molar-refractivity contribution >= 4 is 21.6 Å². The highest BCUT2D eigenvalue weighted by Gasteiger charge is 2.18. The minimum absolute atomic E-state index is 0.00396.